The summed E-state index contributed by atoms with van der Waals surface area (Å²) in [6.07, 6.45) is 4.43. The Kier molecular flexibility index (Phi) is 2.38. The van der Waals surface area contributed by atoms with Gasteiger partial charge in [-0.3, -0.25) is 4.98 Å². The summed E-state index contributed by atoms with van der Waals surface area (Å²) in [7, 11) is 2.04. The van der Waals surface area contributed by atoms with Gasteiger partial charge >= 0.3 is 0 Å². The van der Waals surface area contributed by atoms with Crippen molar-refractivity contribution in [2.45, 2.75) is 12.0 Å². The highest BCUT2D eigenvalue weighted by atomic mass is 16.3. The zero-order valence-electron chi connectivity index (χ0n) is 9.93. The van der Waals surface area contributed by atoms with Crippen molar-refractivity contribution in [2.24, 2.45) is 0 Å². The lowest BCUT2D eigenvalue weighted by Crippen LogP contribution is -2.29. The van der Waals surface area contributed by atoms with Gasteiger partial charge in [-0.2, -0.15) is 0 Å². The number of likely N-dealkylation sites (N-methyl/N-ethyl adjacent to an activating group) is 1. The number of likely N-dealkylation sites (tertiary alicyclic amines) is 1. The third-order valence-corrected chi connectivity index (χ3v) is 3.62. The maximum Gasteiger partial charge on any atom is 0.104 e. The molecule has 2 heterocycles. The highest BCUT2D eigenvalue weighted by molar-refractivity contribution is 5.85. The molecule has 1 aromatic carbocycles. The van der Waals surface area contributed by atoms with Crippen molar-refractivity contribution in [3.63, 3.8) is 0 Å². The minimum atomic E-state index is -0.725. The number of pyridine rings is 1. The molecule has 1 aromatic heterocycles. The van der Waals surface area contributed by atoms with Crippen LogP contribution in [-0.4, -0.2) is 35.1 Å². The van der Waals surface area contributed by atoms with Gasteiger partial charge in [0.2, 0.25) is 0 Å². The van der Waals surface area contributed by atoms with E-state index in [0.717, 1.165) is 29.3 Å². The Morgan fingerprint density at radius 2 is 2.24 bits per heavy atom. The molecule has 0 radical (unpaired) electrons. The summed E-state index contributed by atoms with van der Waals surface area (Å²) >= 11 is 0. The largest absolute Gasteiger partial charge is 0.384 e. The second-order valence-corrected chi connectivity index (χ2v) is 4.92. The van der Waals surface area contributed by atoms with E-state index in [9.17, 15) is 5.11 Å². The van der Waals surface area contributed by atoms with Gasteiger partial charge in [0.15, 0.2) is 0 Å². The van der Waals surface area contributed by atoms with Crippen molar-refractivity contribution >= 4 is 10.8 Å². The van der Waals surface area contributed by atoms with Crippen molar-refractivity contribution in [3.05, 3.63) is 42.2 Å². The van der Waals surface area contributed by atoms with E-state index >= 15 is 0 Å². The zero-order chi connectivity index (χ0) is 11.9. The molecule has 1 aliphatic rings. The first-order chi connectivity index (χ1) is 8.19. The summed E-state index contributed by atoms with van der Waals surface area (Å²) in [5.74, 6) is 0. The molecule has 17 heavy (non-hydrogen) atoms. The van der Waals surface area contributed by atoms with Gasteiger partial charge in [-0.25, -0.2) is 0 Å². The van der Waals surface area contributed by atoms with Crippen LogP contribution in [-0.2, 0) is 5.60 Å². The monoisotopic (exact) mass is 228 g/mol. The van der Waals surface area contributed by atoms with Crippen LogP contribution in [0.15, 0.2) is 36.7 Å². The highest BCUT2D eigenvalue weighted by Gasteiger charge is 2.37. The van der Waals surface area contributed by atoms with Gasteiger partial charge < -0.3 is 10.0 Å². The Balaban J connectivity index is 2.17. The predicted octanol–water partition coefficient (Wildman–Crippen LogP) is 1.76. The van der Waals surface area contributed by atoms with Crippen molar-refractivity contribution in [1.29, 1.82) is 0 Å². The standard InChI is InChI=1S/C14H16N2O/c1-16-8-6-14(17,10-16)13-4-2-3-11-5-7-15-9-12(11)13/h2-5,7,9,17H,6,8,10H2,1H3. The summed E-state index contributed by atoms with van der Waals surface area (Å²) in [4.78, 5) is 6.33. The Labute approximate surface area is 101 Å². The minimum absolute atomic E-state index is 0.695. The maximum atomic E-state index is 10.8. The van der Waals surface area contributed by atoms with Gasteiger partial charge in [0.25, 0.3) is 0 Å². The molecule has 0 saturated carbocycles. The minimum Gasteiger partial charge on any atom is -0.384 e. The van der Waals surface area contributed by atoms with Crippen molar-refractivity contribution in [2.75, 3.05) is 20.1 Å². The quantitative estimate of drug-likeness (QED) is 0.808. The number of nitrogens with zero attached hydrogens (tertiary/aromatic N) is 2. The van der Waals surface area contributed by atoms with Gasteiger partial charge in [0.1, 0.15) is 5.60 Å². The number of aromatic nitrogens is 1. The molecule has 0 spiro atoms. The molecule has 1 atom stereocenters. The van der Waals surface area contributed by atoms with Crippen LogP contribution < -0.4 is 0 Å². The van der Waals surface area contributed by atoms with Crippen LogP contribution in [0, 0.1) is 0 Å². The Bertz CT molecular complexity index is 549. The second kappa shape index (κ2) is 3.79. The first-order valence-corrected chi connectivity index (χ1v) is 5.93. The fraction of sp³-hybridized carbons (Fsp3) is 0.357. The normalized spacial score (nSPS) is 25.5. The SMILES string of the molecule is CN1CCC(O)(c2cccc3ccncc23)C1. The molecule has 1 fully saturated rings. The number of rotatable bonds is 1. The molecule has 1 unspecified atom stereocenters. The molecule has 1 saturated heterocycles. The third kappa shape index (κ3) is 1.72. The Hall–Kier alpha value is -1.45. The average molecular weight is 228 g/mol. The molecule has 1 N–H and O–H groups in total. The summed E-state index contributed by atoms with van der Waals surface area (Å²) in [6, 6.07) is 8.07. The lowest BCUT2D eigenvalue weighted by atomic mass is 9.89. The molecule has 2 aromatic rings. The van der Waals surface area contributed by atoms with Crippen molar-refractivity contribution in [1.82, 2.24) is 9.88 Å². The van der Waals surface area contributed by atoms with E-state index < -0.39 is 5.60 Å². The average Bonchev–Trinajstić information content (AvgIpc) is 2.70. The van der Waals surface area contributed by atoms with Crippen LogP contribution in [0.5, 0.6) is 0 Å². The van der Waals surface area contributed by atoms with E-state index in [4.69, 9.17) is 0 Å². The highest BCUT2D eigenvalue weighted by Crippen LogP contribution is 2.35. The number of benzene rings is 1. The van der Waals surface area contributed by atoms with E-state index in [0.29, 0.717) is 6.54 Å². The van der Waals surface area contributed by atoms with Gasteiger partial charge in [-0.15, -0.1) is 0 Å². The van der Waals surface area contributed by atoms with Crippen LogP contribution in [0.3, 0.4) is 0 Å². The molecule has 88 valence electrons. The molecule has 1 aliphatic heterocycles. The van der Waals surface area contributed by atoms with E-state index in [-0.39, 0.29) is 0 Å². The maximum absolute atomic E-state index is 10.8. The molecular formula is C14H16N2O. The van der Waals surface area contributed by atoms with Crippen LogP contribution in [0.25, 0.3) is 10.8 Å². The fourth-order valence-corrected chi connectivity index (χ4v) is 2.72. The summed E-state index contributed by atoms with van der Waals surface area (Å²) in [6.45, 7) is 1.63. The number of aliphatic hydroxyl groups is 1. The first-order valence-electron chi connectivity index (χ1n) is 5.93. The summed E-state index contributed by atoms with van der Waals surface area (Å²) in [5.41, 5.74) is 0.282. The molecule has 3 rings (SSSR count). The molecular weight excluding hydrogens is 212 g/mol. The van der Waals surface area contributed by atoms with Crippen LogP contribution >= 0.6 is 0 Å². The fourth-order valence-electron chi connectivity index (χ4n) is 2.72. The van der Waals surface area contributed by atoms with E-state index in [2.05, 4.69) is 16.0 Å². The summed E-state index contributed by atoms with van der Waals surface area (Å²) < 4.78 is 0. The van der Waals surface area contributed by atoms with Crippen molar-refractivity contribution in [3.8, 4) is 0 Å². The lowest BCUT2D eigenvalue weighted by molar-refractivity contribution is 0.0504. The smallest absolute Gasteiger partial charge is 0.104 e. The Morgan fingerprint density at radius 3 is 3.00 bits per heavy atom. The van der Waals surface area contributed by atoms with Gasteiger partial charge in [0, 0.05) is 30.9 Å². The zero-order valence-corrected chi connectivity index (χ0v) is 9.93. The number of fused-ring (bicyclic) bond motifs is 1. The van der Waals surface area contributed by atoms with E-state index in [1.807, 2.05) is 31.4 Å². The van der Waals surface area contributed by atoms with E-state index in [1.54, 1.807) is 6.20 Å². The molecule has 3 nitrogen and oxygen atoms in total. The van der Waals surface area contributed by atoms with E-state index in [1.165, 1.54) is 0 Å². The molecule has 0 aliphatic carbocycles. The van der Waals surface area contributed by atoms with Gasteiger partial charge in [-0.1, -0.05) is 18.2 Å². The van der Waals surface area contributed by atoms with Crippen LogP contribution in [0.4, 0.5) is 0 Å². The van der Waals surface area contributed by atoms with Gasteiger partial charge in [-0.05, 0) is 30.5 Å². The number of hydrogen-bond acceptors (Lipinski definition) is 3. The number of hydrogen-bond donors (Lipinski definition) is 1. The Morgan fingerprint density at radius 1 is 1.35 bits per heavy atom. The van der Waals surface area contributed by atoms with Crippen LogP contribution in [0.1, 0.15) is 12.0 Å². The molecule has 0 bridgehead atoms. The number of β-amino-alcohol motifs (C(OH)–C–C–N with tert-alkyl or cyclic N) is 1. The first kappa shape index (κ1) is 10.7. The second-order valence-electron chi connectivity index (χ2n) is 4.92. The molecule has 0 amide bonds. The third-order valence-electron chi connectivity index (χ3n) is 3.62. The molecule has 3 heteroatoms. The van der Waals surface area contributed by atoms with Gasteiger partial charge in [0.05, 0.1) is 0 Å². The topological polar surface area (TPSA) is 36.4 Å². The summed E-state index contributed by atoms with van der Waals surface area (Å²) in [5, 5.41) is 13.0. The van der Waals surface area contributed by atoms with Crippen molar-refractivity contribution < 1.29 is 5.11 Å². The lowest BCUT2D eigenvalue weighted by Gasteiger charge is -2.24. The predicted molar refractivity (Wildman–Crippen MR) is 67.8 cm³/mol. The van der Waals surface area contributed by atoms with Crippen LogP contribution in [0.2, 0.25) is 0 Å².